The highest BCUT2D eigenvalue weighted by Crippen LogP contribution is 2.60. The van der Waals surface area contributed by atoms with Crippen molar-refractivity contribution in [2.24, 2.45) is 29.1 Å². The first kappa shape index (κ1) is 31.3. The molecule has 0 spiro atoms. The van der Waals surface area contributed by atoms with E-state index in [-0.39, 0.29) is 29.6 Å². The summed E-state index contributed by atoms with van der Waals surface area (Å²) in [5, 5.41) is 19.9. The van der Waals surface area contributed by atoms with Crippen LogP contribution in [0, 0.1) is 29.1 Å². The molecule has 5 unspecified atom stereocenters. The lowest BCUT2D eigenvalue weighted by molar-refractivity contribution is -0.109. The lowest BCUT2D eigenvalue weighted by atomic mass is 9.59. The Labute approximate surface area is 247 Å². The highest BCUT2D eigenvalue weighted by Gasteiger charge is 2.53. The van der Waals surface area contributed by atoms with Crippen LogP contribution in [0.1, 0.15) is 98.8 Å². The number of hydrogen-bond donors (Lipinski definition) is 4. The molecular weight excluding hydrogens is 510 g/mol. The van der Waals surface area contributed by atoms with Crippen LogP contribution in [-0.4, -0.2) is 35.7 Å². The van der Waals surface area contributed by atoms with Crippen molar-refractivity contribution in [1.29, 1.82) is 0 Å². The molecule has 41 heavy (non-hydrogen) atoms. The van der Waals surface area contributed by atoms with E-state index < -0.39 is 0 Å². The Morgan fingerprint density at radius 2 is 1.85 bits per heavy atom. The monoisotopic (exact) mass is 563 g/mol. The van der Waals surface area contributed by atoms with Crippen LogP contribution >= 0.6 is 0 Å². The van der Waals surface area contributed by atoms with Crippen molar-refractivity contribution < 1.29 is 14.7 Å². The Balaban J connectivity index is 1.63. The molecule has 2 fully saturated rings. The van der Waals surface area contributed by atoms with Crippen molar-refractivity contribution in [3.05, 3.63) is 53.1 Å². The van der Waals surface area contributed by atoms with Gasteiger partial charge in [-0.05, 0) is 104 Å². The van der Waals surface area contributed by atoms with Gasteiger partial charge >= 0.3 is 6.03 Å². The van der Waals surface area contributed by atoms with Gasteiger partial charge in [-0.2, -0.15) is 0 Å². The summed E-state index contributed by atoms with van der Waals surface area (Å²) in [5.41, 5.74) is 4.54. The molecule has 1 aromatic carbocycles. The minimum Gasteiger partial charge on any atom is -0.393 e. The molecule has 3 amide bonds. The van der Waals surface area contributed by atoms with Crippen LogP contribution in [0.25, 0.3) is 0 Å². The second-order valence-electron chi connectivity index (χ2n) is 13.7. The Hall–Kier alpha value is -2.60. The third-order valence-corrected chi connectivity index (χ3v) is 10.5. The van der Waals surface area contributed by atoms with Gasteiger partial charge in [0.25, 0.3) is 0 Å². The number of aliphatic hydroxyl groups is 1. The number of amides is 3. The number of allylic oxidation sites excluding steroid dienone is 1. The number of aliphatic hydroxyl groups excluding tert-OH is 1. The minimum absolute atomic E-state index is 0.0999. The summed E-state index contributed by atoms with van der Waals surface area (Å²) in [6.07, 6.45) is 12.9. The number of nitrogens with one attached hydrogen (secondary N) is 3. The first-order valence-corrected chi connectivity index (χ1v) is 16.0. The fraction of sp³-hybridized carbons (Fsp3) is 0.657. The molecule has 7 atom stereocenters. The number of rotatable bonds is 11. The summed E-state index contributed by atoms with van der Waals surface area (Å²) in [4.78, 5) is 25.0. The first-order chi connectivity index (χ1) is 19.6. The largest absolute Gasteiger partial charge is 0.393 e. The number of urea groups is 1. The summed E-state index contributed by atoms with van der Waals surface area (Å²) < 4.78 is 0. The van der Waals surface area contributed by atoms with Gasteiger partial charge in [-0.25, -0.2) is 4.79 Å². The molecule has 0 bridgehead atoms. The average Bonchev–Trinajstić information content (AvgIpc) is 3.28. The highest BCUT2D eigenvalue weighted by molar-refractivity contribution is 5.89. The second kappa shape index (κ2) is 14.0. The zero-order valence-corrected chi connectivity index (χ0v) is 25.9. The van der Waals surface area contributed by atoms with E-state index in [1.54, 1.807) is 0 Å². The van der Waals surface area contributed by atoms with Gasteiger partial charge in [0, 0.05) is 5.69 Å². The number of benzene rings is 1. The molecule has 2 saturated carbocycles. The summed E-state index contributed by atoms with van der Waals surface area (Å²) in [6, 6.07) is 8.98. The molecule has 6 nitrogen and oxygen atoms in total. The quantitative estimate of drug-likeness (QED) is 0.167. The van der Waals surface area contributed by atoms with Gasteiger partial charge in [-0.15, -0.1) is 0 Å². The number of carbonyl (C=O) groups is 2. The van der Waals surface area contributed by atoms with E-state index in [4.69, 9.17) is 0 Å². The average molecular weight is 564 g/mol. The molecule has 226 valence electrons. The third kappa shape index (κ3) is 7.63. The number of hydrogen-bond acceptors (Lipinski definition) is 3. The van der Waals surface area contributed by atoms with E-state index in [1.165, 1.54) is 36.8 Å². The fourth-order valence-electron chi connectivity index (χ4n) is 8.24. The van der Waals surface area contributed by atoms with Gasteiger partial charge in [-0.3, -0.25) is 4.79 Å². The van der Waals surface area contributed by atoms with Crippen LogP contribution in [0.5, 0.6) is 0 Å². The normalized spacial score (nSPS) is 30.6. The standard InChI is InChI=1S/C35H53N3O3/c1-23(2)10-9-11-25(4)30-16-17-31-29(21-33(36-22-39)28-20-27(40)15-14-24(28)3)32(18-19-35(30,31)5)38-34(41)37-26-12-7-6-8-13-26/h6-8,12-13,21-23,25,27,30-33,40H,9-11,14-20H2,1-5H3,(H,36,39)(H2,37,38,41)/b29-21-/t25-,27?,30?,31?,32?,33?,35-/m1/s1. The fourth-order valence-corrected chi connectivity index (χ4v) is 8.24. The molecule has 3 aliphatic carbocycles. The number of carbonyl (C=O) groups excluding carboxylic acids is 2. The zero-order valence-electron chi connectivity index (χ0n) is 25.9. The van der Waals surface area contributed by atoms with Gasteiger partial charge in [0.2, 0.25) is 6.41 Å². The van der Waals surface area contributed by atoms with Crippen LogP contribution < -0.4 is 16.0 Å². The van der Waals surface area contributed by atoms with E-state index >= 15 is 0 Å². The van der Waals surface area contributed by atoms with Crippen molar-refractivity contribution in [2.45, 2.75) is 117 Å². The number of fused-ring (bicyclic) bond motifs is 1. The maximum absolute atomic E-state index is 13.2. The van der Waals surface area contributed by atoms with Gasteiger partial charge in [0.1, 0.15) is 0 Å². The molecule has 1 aromatic rings. The third-order valence-electron chi connectivity index (χ3n) is 10.5. The van der Waals surface area contributed by atoms with Gasteiger partial charge < -0.3 is 21.1 Å². The van der Waals surface area contributed by atoms with E-state index in [2.05, 4.69) is 56.6 Å². The van der Waals surface area contributed by atoms with Crippen molar-refractivity contribution in [3.63, 3.8) is 0 Å². The summed E-state index contributed by atoms with van der Waals surface area (Å²) in [7, 11) is 0. The van der Waals surface area contributed by atoms with Crippen molar-refractivity contribution in [2.75, 3.05) is 5.32 Å². The molecular formula is C35H53N3O3. The molecule has 0 aliphatic heterocycles. The lowest BCUT2D eigenvalue weighted by Gasteiger charge is -2.47. The molecule has 0 radical (unpaired) electrons. The summed E-state index contributed by atoms with van der Waals surface area (Å²) >= 11 is 0. The predicted octanol–water partition coefficient (Wildman–Crippen LogP) is 7.37. The Morgan fingerprint density at radius 1 is 1.10 bits per heavy atom. The van der Waals surface area contributed by atoms with Crippen molar-refractivity contribution in [1.82, 2.24) is 10.6 Å². The predicted molar refractivity (Wildman–Crippen MR) is 167 cm³/mol. The number of para-hydroxylation sites is 1. The Bertz CT molecular complexity index is 1100. The lowest BCUT2D eigenvalue weighted by Crippen LogP contribution is -2.49. The van der Waals surface area contributed by atoms with Gasteiger partial charge in [0.05, 0.1) is 18.2 Å². The van der Waals surface area contributed by atoms with Crippen LogP contribution in [0.2, 0.25) is 0 Å². The van der Waals surface area contributed by atoms with E-state index in [1.807, 2.05) is 30.3 Å². The molecule has 3 aliphatic rings. The Morgan fingerprint density at radius 3 is 2.56 bits per heavy atom. The maximum Gasteiger partial charge on any atom is 0.319 e. The molecule has 4 N–H and O–H groups in total. The van der Waals surface area contributed by atoms with Crippen LogP contribution in [-0.2, 0) is 4.79 Å². The summed E-state index contributed by atoms with van der Waals surface area (Å²) in [5.74, 6) is 2.40. The molecule has 0 heterocycles. The minimum atomic E-state index is -0.382. The molecule has 4 rings (SSSR count). The van der Waals surface area contributed by atoms with E-state index in [9.17, 15) is 14.7 Å². The SMILES string of the molecule is CC1=C(C(/C=C2\C(NC(=O)Nc3ccccc3)CC[C@@]3(C)C2CCC3[C@H](C)CCCC(C)C)NC=O)CC(O)CC1. The second-order valence-corrected chi connectivity index (χ2v) is 13.7. The maximum atomic E-state index is 13.2. The zero-order chi connectivity index (χ0) is 29.6. The van der Waals surface area contributed by atoms with Crippen LogP contribution in [0.15, 0.2) is 53.1 Å². The molecule has 0 saturated heterocycles. The first-order valence-electron chi connectivity index (χ1n) is 16.0. The molecule has 6 heteroatoms. The van der Waals surface area contributed by atoms with Crippen molar-refractivity contribution >= 4 is 18.1 Å². The summed E-state index contributed by atoms with van der Waals surface area (Å²) in [6.45, 7) is 11.7. The van der Waals surface area contributed by atoms with Crippen LogP contribution in [0.3, 0.4) is 0 Å². The van der Waals surface area contributed by atoms with Gasteiger partial charge in [0.15, 0.2) is 0 Å². The molecule has 0 aromatic heterocycles. The van der Waals surface area contributed by atoms with E-state index in [0.29, 0.717) is 24.2 Å². The smallest absolute Gasteiger partial charge is 0.319 e. The highest BCUT2D eigenvalue weighted by atomic mass is 16.3. The van der Waals surface area contributed by atoms with E-state index in [0.717, 1.165) is 55.7 Å². The van der Waals surface area contributed by atoms with Gasteiger partial charge in [-0.1, -0.05) is 76.8 Å². The van der Waals surface area contributed by atoms with Crippen molar-refractivity contribution in [3.8, 4) is 0 Å². The number of anilines is 1. The topological polar surface area (TPSA) is 90.5 Å². The van der Waals surface area contributed by atoms with Crippen LogP contribution in [0.4, 0.5) is 10.5 Å². The Kier molecular flexibility index (Phi) is 10.7.